The molecule has 0 bridgehead atoms. The minimum atomic E-state index is -0.224. The second kappa shape index (κ2) is 10.3. The fraction of sp³-hybridized carbons (Fsp3) is 0.833. The number of nitrogens with one attached hydrogen (secondary N) is 2. The van der Waals surface area contributed by atoms with Crippen molar-refractivity contribution in [2.24, 2.45) is 0 Å². The molecule has 0 radical (unpaired) electrons. The molecule has 0 aromatic heterocycles. The van der Waals surface area contributed by atoms with E-state index in [9.17, 15) is 9.59 Å². The Bertz CT molecular complexity index is 566. The molecule has 2 saturated heterocycles. The number of hydrogen-bond acceptors (Lipinski definition) is 4. The number of nitrogens with zero attached hydrogens (tertiary/aromatic N) is 2. The molecule has 172 valence electrons. The van der Waals surface area contributed by atoms with Crippen LogP contribution >= 0.6 is 0 Å². The fourth-order valence-electron chi connectivity index (χ4n) is 4.48. The van der Waals surface area contributed by atoms with Gasteiger partial charge in [-0.3, -0.25) is 19.4 Å². The lowest BCUT2D eigenvalue weighted by atomic mass is 9.97. The zero-order valence-electron chi connectivity index (χ0n) is 20.1. The molecule has 2 N–H and O–H groups in total. The smallest absolute Gasteiger partial charge is 0.237 e. The molecule has 0 aromatic rings. The minimum Gasteiger partial charge on any atom is -0.350 e. The van der Waals surface area contributed by atoms with Crippen molar-refractivity contribution in [2.75, 3.05) is 26.2 Å². The van der Waals surface area contributed by atoms with Crippen LogP contribution in [0.15, 0.2) is 12.2 Å². The molecule has 2 amide bonds. The average Bonchev–Trinajstić information content (AvgIpc) is 2.59. The Morgan fingerprint density at radius 2 is 1.13 bits per heavy atom. The monoisotopic (exact) mass is 420 g/mol. The molecule has 2 unspecified atom stereocenters. The van der Waals surface area contributed by atoms with Crippen LogP contribution in [0.4, 0.5) is 0 Å². The van der Waals surface area contributed by atoms with Gasteiger partial charge in [-0.2, -0.15) is 0 Å². The highest BCUT2D eigenvalue weighted by molar-refractivity contribution is 5.83. The van der Waals surface area contributed by atoms with Crippen molar-refractivity contribution < 1.29 is 9.59 Å². The molecule has 2 atom stereocenters. The van der Waals surface area contributed by atoms with E-state index in [4.69, 9.17) is 0 Å². The summed E-state index contributed by atoms with van der Waals surface area (Å²) in [4.78, 5) is 30.2. The summed E-state index contributed by atoms with van der Waals surface area (Å²) in [6, 6.07) is -0.174. The third kappa shape index (κ3) is 8.03. The maximum absolute atomic E-state index is 12.8. The number of amides is 2. The van der Waals surface area contributed by atoms with E-state index in [1.54, 1.807) is 0 Å². The normalized spacial score (nSPS) is 24.3. The van der Waals surface area contributed by atoms with E-state index in [0.29, 0.717) is 13.1 Å². The van der Waals surface area contributed by atoms with Crippen LogP contribution in [0.1, 0.15) is 80.1 Å². The number of hydrogen-bond donors (Lipinski definition) is 2. The molecule has 2 rings (SSSR count). The van der Waals surface area contributed by atoms with Crippen molar-refractivity contribution in [1.82, 2.24) is 20.4 Å². The summed E-state index contributed by atoms with van der Waals surface area (Å²) in [6.45, 7) is 19.8. The summed E-state index contributed by atoms with van der Waals surface area (Å²) in [5, 5.41) is 6.29. The van der Waals surface area contributed by atoms with Gasteiger partial charge >= 0.3 is 0 Å². The number of piperidine rings is 2. The molecule has 30 heavy (non-hydrogen) atoms. The quantitative estimate of drug-likeness (QED) is 0.648. The number of carbonyl (C=O) groups is 2. The lowest BCUT2D eigenvalue weighted by Crippen LogP contribution is -2.55. The van der Waals surface area contributed by atoms with Crippen molar-refractivity contribution >= 4 is 11.8 Å². The predicted octanol–water partition coefficient (Wildman–Crippen LogP) is 3.08. The first-order chi connectivity index (χ1) is 13.9. The Labute approximate surface area is 183 Å². The van der Waals surface area contributed by atoms with Crippen molar-refractivity contribution in [2.45, 2.75) is 103 Å². The Balaban J connectivity index is 1.97. The molecule has 2 aliphatic rings. The van der Waals surface area contributed by atoms with E-state index in [1.807, 2.05) is 41.5 Å². The zero-order valence-corrected chi connectivity index (χ0v) is 20.1. The van der Waals surface area contributed by atoms with E-state index in [2.05, 4.69) is 27.0 Å². The SMILES string of the molecule is C=C(CN1CCCCC1C(=O)NC(C)(C)C)CN1CCCCC1C(=O)NC(C)(C)C. The van der Waals surface area contributed by atoms with Crippen LogP contribution in [-0.2, 0) is 9.59 Å². The van der Waals surface area contributed by atoms with Crippen LogP contribution in [-0.4, -0.2) is 71.0 Å². The number of rotatable bonds is 6. The van der Waals surface area contributed by atoms with Crippen molar-refractivity contribution in [3.05, 3.63) is 12.2 Å². The third-order valence-electron chi connectivity index (χ3n) is 5.68. The first kappa shape index (κ1) is 24.9. The van der Waals surface area contributed by atoms with Gasteiger partial charge in [0, 0.05) is 24.2 Å². The summed E-state index contributed by atoms with van der Waals surface area (Å²) in [5.74, 6) is 0.241. The molecule has 2 aliphatic heterocycles. The standard InChI is InChI=1S/C24H44N4O2/c1-18(16-27-14-10-8-12-19(27)21(29)25-23(2,3)4)17-28-15-11-9-13-20(28)22(30)26-24(5,6)7/h19-20H,1,8-17H2,2-7H3,(H,25,29)(H,26,30). The maximum atomic E-state index is 12.8. The summed E-state index contributed by atoms with van der Waals surface area (Å²) >= 11 is 0. The molecule has 6 nitrogen and oxygen atoms in total. The van der Waals surface area contributed by atoms with Crippen LogP contribution in [0.2, 0.25) is 0 Å². The molecule has 0 aromatic carbocycles. The van der Waals surface area contributed by atoms with Gasteiger partial charge in [-0.1, -0.05) is 19.4 Å². The highest BCUT2D eigenvalue weighted by Crippen LogP contribution is 2.22. The van der Waals surface area contributed by atoms with Gasteiger partial charge < -0.3 is 10.6 Å². The lowest BCUT2D eigenvalue weighted by molar-refractivity contribution is -0.129. The fourth-order valence-corrected chi connectivity index (χ4v) is 4.48. The van der Waals surface area contributed by atoms with E-state index < -0.39 is 0 Å². The Morgan fingerprint density at radius 1 is 0.767 bits per heavy atom. The minimum absolute atomic E-state index is 0.0870. The molecule has 0 spiro atoms. The predicted molar refractivity (Wildman–Crippen MR) is 123 cm³/mol. The van der Waals surface area contributed by atoms with E-state index in [-0.39, 0.29) is 35.0 Å². The Hall–Kier alpha value is -1.40. The maximum Gasteiger partial charge on any atom is 0.237 e. The Kier molecular flexibility index (Phi) is 8.51. The highest BCUT2D eigenvalue weighted by atomic mass is 16.2. The molecule has 0 saturated carbocycles. The second-order valence-corrected chi connectivity index (χ2v) is 11.2. The number of likely N-dealkylation sites (tertiary alicyclic amines) is 2. The van der Waals surface area contributed by atoms with Crippen LogP contribution in [0.3, 0.4) is 0 Å². The molecular weight excluding hydrogens is 376 g/mol. The van der Waals surface area contributed by atoms with Gasteiger partial charge in [-0.25, -0.2) is 0 Å². The summed E-state index contributed by atoms with van der Waals surface area (Å²) in [6.07, 6.45) is 6.21. The second-order valence-electron chi connectivity index (χ2n) is 11.2. The van der Waals surface area contributed by atoms with Crippen LogP contribution in [0, 0.1) is 0 Å². The van der Waals surface area contributed by atoms with Crippen molar-refractivity contribution in [1.29, 1.82) is 0 Å². The zero-order chi connectivity index (χ0) is 22.5. The first-order valence-corrected chi connectivity index (χ1v) is 11.6. The summed E-state index contributed by atoms with van der Waals surface area (Å²) < 4.78 is 0. The first-order valence-electron chi connectivity index (χ1n) is 11.6. The number of carbonyl (C=O) groups excluding carboxylic acids is 2. The third-order valence-corrected chi connectivity index (χ3v) is 5.68. The molecule has 0 aliphatic carbocycles. The molecule has 6 heteroatoms. The van der Waals surface area contributed by atoms with Gasteiger partial charge in [0.25, 0.3) is 0 Å². The summed E-state index contributed by atoms with van der Waals surface area (Å²) in [7, 11) is 0. The highest BCUT2D eigenvalue weighted by Gasteiger charge is 2.33. The van der Waals surface area contributed by atoms with Crippen molar-refractivity contribution in [3.63, 3.8) is 0 Å². The average molecular weight is 421 g/mol. The summed E-state index contributed by atoms with van der Waals surface area (Å²) in [5.41, 5.74) is 0.637. The van der Waals surface area contributed by atoms with Crippen molar-refractivity contribution in [3.8, 4) is 0 Å². The largest absolute Gasteiger partial charge is 0.350 e. The van der Waals surface area contributed by atoms with Gasteiger partial charge in [-0.15, -0.1) is 0 Å². The van der Waals surface area contributed by atoms with Crippen LogP contribution in [0.5, 0.6) is 0 Å². The van der Waals surface area contributed by atoms with Crippen LogP contribution < -0.4 is 10.6 Å². The van der Waals surface area contributed by atoms with Gasteiger partial charge in [-0.05, 0) is 85.9 Å². The Morgan fingerprint density at radius 3 is 1.47 bits per heavy atom. The lowest BCUT2D eigenvalue weighted by Gasteiger charge is -2.39. The van der Waals surface area contributed by atoms with Gasteiger partial charge in [0.1, 0.15) is 0 Å². The molecule has 2 heterocycles. The molecular formula is C24H44N4O2. The topological polar surface area (TPSA) is 64.7 Å². The van der Waals surface area contributed by atoms with E-state index in [0.717, 1.165) is 57.2 Å². The van der Waals surface area contributed by atoms with E-state index in [1.165, 1.54) is 0 Å². The van der Waals surface area contributed by atoms with E-state index >= 15 is 0 Å². The van der Waals surface area contributed by atoms with Gasteiger partial charge in [0.05, 0.1) is 12.1 Å². The van der Waals surface area contributed by atoms with Gasteiger partial charge in [0.15, 0.2) is 0 Å². The molecule has 2 fully saturated rings. The van der Waals surface area contributed by atoms with Gasteiger partial charge in [0.2, 0.25) is 11.8 Å². The van der Waals surface area contributed by atoms with Crippen LogP contribution in [0.25, 0.3) is 0 Å².